The Morgan fingerprint density at radius 2 is 0.927 bits per heavy atom. The van der Waals surface area contributed by atoms with Crippen molar-refractivity contribution >= 4 is 75.2 Å². The van der Waals surface area contributed by atoms with E-state index in [1.165, 1.54) is 142 Å². The van der Waals surface area contributed by atoms with Crippen molar-refractivity contribution in [3.63, 3.8) is 0 Å². The van der Waals surface area contributed by atoms with Gasteiger partial charge in [-0.2, -0.15) is 0 Å². The molecule has 1 unspecified atom stereocenters. The molecule has 218 valence electrons. The van der Waals surface area contributed by atoms with E-state index in [0.29, 0.717) is 5.92 Å². The maximum atomic E-state index is 3.96. The summed E-state index contributed by atoms with van der Waals surface area (Å²) < 4.78 is 5.06. The van der Waals surface area contributed by atoms with E-state index in [9.17, 15) is 0 Å². The zero-order chi connectivity index (χ0) is 28.6. The molecule has 0 bridgehead atoms. The molecule has 1 nitrogen and oxygen atoms in total. The Hall–Kier alpha value is -1.84. The van der Waals surface area contributed by atoms with Gasteiger partial charge in [-0.25, -0.2) is 0 Å². The first kappa shape index (κ1) is 30.6. The highest BCUT2D eigenvalue weighted by Crippen LogP contribution is 2.43. The average molecular weight is 678 g/mol. The highest BCUT2D eigenvalue weighted by atomic mass is 79.9. The van der Waals surface area contributed by atoms with Crippen LogP contribution in [-0.2, 0) is 6.54 Å². The van der Waals surface area contributed by atoms with Crippen molar-refractivity contribution in [1.29, 1.82) is 0 Å². The molecule has 5 aromatic rings. The Morgan fingerprint density at radius 1 is 0.537 bits per heavy atom. The fourth-order valence-corrected chi connectivity index (χ4v) is 8.05. The van der Waals surface area contributed by atoms with Crippen LogP contribution in [0.2, 0.25) is 0 Å². The second-order valence-corrected chi connectivity index (χ2v) is 13.9. The van der Waals surface area contributed by atoms with E-state index in [-0.39, 0.29) is 0 Å². The Kier molecular flexibility index (Phi) is 11.2. The van der Waals surface area contributed by atoms with Crippen LogP contribution in [0.15, 0.2) is 69.6 Å². The molecule has 0 saturated heterocycles. The van der Waals surface area contributed by atoms with E-state index in [4.69, 9.17) is 0 Å². The average Bonchev–Trinajstić information content (AvgIpc) is 3.29. The number of hydrogen-bond acceptors (Lipinski definition) is 0. The number of fused-ring (bicyclic) bond motifs is 7. The second kappa shape index (κ2) is 15.1. The standard InChI is InChI=1S/C38H47Br2N/c1-3-5-7-9-10-12-14-20-28(19-13-11-8-6-4-2)27-41-35-25-33(39)29-21-15-17-23-31(29)37(35)38-32-24-18-16-22-30(32)34(40)26-36(38)41/h15-18,21-26,28H,3-14,19-20,27H2,1-2H3. The number of hydrogen-bond donors (Lipinski definition) is 0. The zero-order valence-corrected chi connectivity index (χ0v) is 28.3. The Bertz CT molecular complexity index is 1480. The predicted molar refractivity (Wildman–Crippen MR) is 189 cm³/mol. The molecule has 3 heteroatoms. The van der Waals surface area contributed by atoms with Crippen LogP contribution in [-0.4, -0.2) is 4.57 Å². The molecule has 0 spiro atoms. The van der Waals surface area contributed by atoms with Gasteiger partial charge in [0.05, 0.1) is 11.0 Å². The summed E-state index contributed by atoms with van der Waals surface area (Å²) in [5, 5.41) is 8.08. The number of unbranched alkanes of at least 4 members (excludes halogenated alkanes) is 10. The highest BCUT2D eigenvalue weighted by molar-refractivity contribution is 9.11. The van der Waals surface area contributed by atoms with E-state index >= 15 is 0 Å². The van der Waals surface area contributed by atoms with Gasteiger partial charge in [-0.1, -0.05) is 171 Å². The first-order valence-corrected chi connectivity index (χ1v) is 17.9. The minimum Gasteiger partial charge on any atom is -0.340 e. The van der Waals surface area contributed by atoms with Crippen LogP contribution in [0.25, 0.3) is 43.4 Å². The van der Waals surface area contributed by atoms with Gasteiger partial charge >= 0.3 is 0 Å². The third kappa shape index (κ3) is 7.04. The van der Waals surface area contributed by atoms with Crippen molar-refractivity contribution in [2.45, 2.75) is 110 Å². The van der Waals surface area contributed by atoms with Crippen LogP contribution in [0.3, 0.4) is 0 Å². The minimum atomic E-state index is 0.710. The topological polar surface area (TPSA) is 4.93 Å². The molecule has 1 heterocycles. The van der Waals surface area contributed by atoms with E-state index < -0.39 is 0 Å². The molecule has 0 N–H and O–H groups in total. The monoisotopic (exact) mass is 675 g/mol. The summed E-state index contributed by atoms with van der Waals surface area (Å²) in [5.41, 5.74) is 2.73. The van der Waals surface area contributed by atoms with Crippen molar-refractivity contribution in [2.24, 2.45) is 5.92 Å². The quantitative estimate of drug-likeness (QED) is 0.0916. The summed E-state index contributed by atoms with van der Waals surface area (Å²) in [4.78, 5) is 0. The molecule has 0 aliphatic rings. The Labute approximate surface area is 264 Å². The summed E-state index contributed by atoms with van der Waals surface area (Å²) in [7, 11) is 0. The van der Waals surface area contributed by atoms with Crippen molar-refractivity contribution < 1.29 is 0 Å². The van der Waals surface area contributed by atoms with Gasteiger partial charge in [0.15, 0.2) is 0 Å². The zero-order valence-electron chi connectivity index (χ0n) is 25.2. The van der Waals surface area contributed by atoms with Crippen molar-refractivity contribution in [1.82, 2.24) is 4.57 Å². The largest absolute Gasteiger partial charge is 0.340 e. The molecule has 41 heavy (non-hydrogen) atoms. The van der Waals surface area contributed by atoms with Crippen LogP contribution in [0.5, 0.6) is 0 Å². The van der Waals surface area contributed by atoms with E-state index in [2.05, 4.69) is 111 Å². The van der Waals surface area contributed by atoms with Crippen LogP contribution < -0.4 is 0 Å². The summed E-state index contributed by atoms with van der Waals surface area (Å²) in [6.45, 7) is 5.72. The summed E-state index contributed by atoms with van der Waals surface area (Å²) in [5.74, 6) is 0.710. The Morgan fingerprint density at radius 3 is 1.37 bits per heavy atom. The minimum absolute atomic E-state index is 0.710. The van der Waals surface area contributed by atoms with Gasteiger partial charge in [-0.05, 0) is 52.4 Å². The number of halogens is 2. The van der Waals surface area contributed by atoms with E-state index in [1.54, 1.807) is 0 Å². The molecule has 0 amide bonds. The lowest BCUT2D eigenvalue weighted by molar-refractivity contribution is 0.364. The normalized spacial score (nSPS) is 12.8. The molecule has 0 aliphatic carbocycles. The van der Waals surface area contributed by atoms with E-state index in [0.717, 1.165) is 6.54 Å². The van der Waals surface area contributed by atoms with Crippen LogP contribution >= 0.6 is 31.9 Å². The summed E-state index contributed by atoms with van der Waals surface area (Å²) in [6.07, 6.45) is 19.2. The third-order valence-corrected chi connectivity index (χ3v) is 10.5. The van der Waals surface area contributed by atoms with Gasteiger partial charge < -0.3 is 4.57 Å². The molecule has 0 aliphatic heterocycles. The fraction of sp³-hybridized carbons (Fsp3) is 0.474. The van der Waals surface area contributed by atoms with Gasteiger partial charge in [0.2, 0.25) is 0 Å². The fourth-order valence-electron chi connectivity index (χ4n) is 6.92. The third-order valence-electron chi connectivity index (χ3n) is 9.15. The predicted octanol–water partition coefficient (Wildman–Crippen LogP) is 13.7. The molecule has 0 radical (unpaired) electrons. The Balaban J connectivity index is 1.54. The van der Waals surface area contributed by atoms with Gasteiger partial charge in [-0.3, -0.25) is 0 Å². The highest BCUT2D eigenvalue weighted by Gasteiger charge is 2.21. The summed E-state index contributed by atoms with van der Waals surface area (Å²) in [6, 6.07) is 22.6. The van der Waals surface area contributed by atoms with Crippen molar-refractivity contribution in [2.75, 3.05) is 0 Å². The first-order chi connectivity index (χ1) is 20.1. The van der Waals surface area contributed by atoms with Gasteiger partial charge in [-0.15, -0.1) is 0 Å². The van der Waals surface area contributed by atoms with Crippen molar-refractivity contribution in [3.05, 3.63) is 69.6 Å². The molecule has 0 fully saturated rings. The molecule has 0 saturated carbocycles. The van der Waals surface area contributed by atoms with Crippen molar-refractivity contribution in [3.8, 4) is 0 Å². The van der Waals surface area contributed by atoms with E-state index in [1.807, 2.05) is 0 Å². The smallest absolute Gasteiger partial charge is 0.0509 e. The maximum Gasteiger partial charge on any atom is 0.0509 e. The first-order valence-electron chi connectivity index (χ1n) is 16.3. The number of benzene rings is 4. The van der Waals surface area contributed by atoms with Gasteiger partial charge in [0.1, 0.15) is 0 Å². The summed E-state index contributed by atoms with van der Waals surface area (Å²) >= 11 is 7.92. The van der Waals surface area contributed by atoms with Crippen LogP contribution in [0, 0.1) is 5.92 Å². The van der Waals surface area contributed by atoms with Gasteiger partial charge in [0, 0.05) is 26.3 Å². The van der Waals surface area contributed by atoms with Crippen LogP contribution in [0.4, 0.5) is 0 Å². The molecular weight excluding hydrogens is 630 g/mol. The lowest BCUT2D eigenvalue weighted by Crippen LogP contribution is -2.11. The maximum absolute atomic E-state index is 3.96. The number of rotatable bonds is 16. The molecule has 4 aromatic carbocycles. The molecular formula is C38H47Br2N. The number of nitrogens with zero attached hydrogens (tertiary/aromatic N) is 1. The molecule has 5 rings (SSSR count). The van der Waals surface area contributed by atoms with Crippen LogP contribution in [0.1, 0.15) is 104 Å². The van der Waals surface area contributed by atoms with Gasteiger partial charge in [0.25, 0.3) is 0 Å². The SMILES string of the molecule is CCCCCCCCCC(CCCCCCC)Cn1c2cc(Br)c3ccccc3c2c2c3ccccc3c(Br)cc21. The number of aromatic nitrogens is 1. The lowest BCUT2D eigenvalue weighted by atomic mass is 9.93. The second-order valence-electron chi connectivity index (χ2n) is 12.2. The molecule has 1 atom stereocenters. The lowest BCUT2D eigenvalue weighted by Gasteiger charge is -2.20. The molecule has 1 aromatic heterocycles.